The second-order valence-electron chi connectivity index (χ2n) is 2.59. The molecule has 1 aromatic rings. The summed E-state index contributed by atoms with van der Waals surface area (Å²) in [5, 5.41) is 10.1. The number of furan rings is 1. The first kappa shape index (κ1) is 8.34. The van der Waals surface area contributed by atoms with E-state index >= 15 is 0 Å². The van der Waals surface area contributed by atoms with E-state index in [4.69, 9.17) is 4.42 Å². The summed E-state index contributed by atoms with van der Waals surface area (Å²) in [6.07, 6.45) is 5.52. The third-order valence-corrected chi connectivity index (χ3v) is 1.65. The van der Waals surface area contributed by atoms with Crippen molar-refractivity contribution in [2.24, 2.45) is 0 Å². The molecular formula is C9H13O2. The molecule has 61 valence electrons. The van der Waals surface area contributed by atoms with Gasteiger partial charge in [0.2, 0.25) is 0 Å². The second kappa shape index (κ2) is 4.97. The minimum absolute atomic E-state index is 0.0537. The van der Waals surface area contributed by atoms with Crippen LogP contribution in [0.3, 0.4) is 0 Å². The average molecular weight is 153 g/mol. The van der Waals surface area contributed by atoms with Crippen molar-refractivity contribution in [2.45, 2.75) is 25.7 Å². The Kier molecular flexibility index (Phi) is 3.76. The molecule has 0 spiro atoms. The molecule has 1 radical (unpaired) electrons. The summed E-state index contributed by atoms with van der Waals surface area (Å²) in [7, 11) is 0. The van der Waals surface area contributed by atoms with Gasteiger partial charge in [-0.25, -0.2) is 5.11 Å². The first-order valence-electron chi connectivity index (χ1n) is 4.04. The van der Waals surface area contributed by atoms with Gasteiger partial charge in [-0.2, -0.15) is 0 Å². The van der Waals surface area contributed by atoms with Gasteiger partial charge >= 0.3 is 0 Å². The molecule has 0 aromatic carbocycles. The van der Waals surface area contributed by atoms with Crippen LogP contribution in [0.5, 0.6) is 0 Å². The van der Waals surface area contributed by atoms with Gasteiger partial charge in [0, 0.05) is 6.42 Å². The van der Waals surface area contributed by atoms with Gasteiger partial charge in [0.15, 0.2) is 0 Å². The monoisotopic (exact) mass is 153 g/mol. The molecule has 0 N–H and O–H groups in total. The van der Waals surface area contributed by atoms with E-state index < -0.39 is 0 Å². The molecule has 2 nitrogen and oxygen atoms in total. The maximum atomic E-state index is 10.1. The highest BCUT2D eigenvalue weighted by atomic mass is 16.3. The molecule has 2 heteroatoms. The van der Waals surface area contributed by atoms with E-state index in [1.54, 1.807) is 6.26 Å². The fourth-order valence-electron chi connectivity index (χ4n) is 1.03. The van der Waals surface area contributed by atoms with Gasteiger partial charge in [0.25, 0.3) is 0 Å². The molecule has 0 aliphatic heterocycles. The van der Waals surface area contributed by atoms with Crippen LogP contribution in [0.2, 0.25) is 0 Å². The minimum atomic E-state index is 0.0537. The van der Waals surface area contributed by atoms with Crippen LogP contribution in [-0.2, 0) is 11.5 Å². The smallest absolute Gasteiger partial charge is 0.103 e. The molecule has 1 rings (SSSR count). The zero-order chi connectivity index (χ0) is 7.94. The van der Waals surface area contributed by atoms with Crippen LogP contribution in [-0.4, -0.2) is 6.61 Å². The second-order valence-corrected chi connectivity index (χ2v) is 2.59. The fourth-order valence-corrected chi connectivity index (χ4v) is 1.03. The van der Waals surface area contributed by atoms with Crippen LogP contribution in [0, 0.1) is 0 Å². The number of aryl methyl sites for hydroxylation is 1. The standard InChI is InChI=1S/C9H13O2/c10-7-3-1-2-5-9-6-4-8-11-9/h4,6,8H,1-3,5,7H2. The van der Waals surface area contributed by atoms with Gasteiger partial charge in [0.1, 0.15) is 5.76 Å². The molecule has 0 saturated carbocycles. The fraction of sp³-hybridized carbons (Fsp3) is 0.556. The molecule has 0 aliphatic rings. The Morgan fingerprint density at radius 2 is 2.18 bits per heavy atom. The Labute approximate surface area is 66.8 Å². The van der Waals surface area contributed by atoms with Crippen molar-refractivity contribution in [1.82, 2.24) is 0 Å². The summed E-state index contributed by atoms with van der Waals surface area (Å²) in [5.41, 5.74) is 0. The highest BCUT2D eigenvalue weighted by molar-refractivity contribution is 4.97. The van der Waals surface area contributed by atoms with Crippen molar-refractivity contribution >= 4 is 0 Å². The molecule has 0 saturated heterocycles. The lowest BCUT2D eigenvalue weighted by atomic mass is 10.2. The van der Waals surface area contributed by atoms with Crippen molar-refractivity contribution < 1.29 is 9.52 Å². The van der Waals surface area contributed by atoms with Crippen LogP contribution in [0.25, 0.3) is 0 Å². The Balaban J connectivity index is 2.04. The zero-order valence-electron chi connectivity index (χ0n) is 6.58. The molecular weight excluding hydrogens is 140 g/mol. The summed E-state index contributed by atoms with van der Waals surface area (Å²) in [4.78, 5) is 0. The molecule has 1 aromatic heterocycles. The Morgan fingerprint density at radius 1 is 1.27 bits per heavy atom. The van der Waals surface area contributed by atoms with Crippen LogP contribution < -0.4 is 0 Å². The number of hydrogen-bond acceptors (Lipinski definition) is 1. The van der Waals surface area contributed by atoms with Crippen molar-refractivity contribution in [2.75, 3.05) is 6.61 Å². The molecule has 0 atom stereocenters. The van der Waals surface area contributed by atoms with Crippen molar-refractivity contribution in [1.29, 1.82) is 0 Å². The Morgan fingerprint density at radius 3 is 2.82 bits per heavy atom. The van der Waals surface area contributed by atoms with E-state index in [1.807, 2.05) is 12.1 Å². The third-order valence-electron chi connectivity index (χ3n) is 1.65. The lowest BCUT2D eigenvalue weighted by molar-refractivity contribution is 0.186. The summed E-state index contributed by atoms with van der Waals surface area (Å²) in [5.74, 6) is 1.02. The molecule has 0 amide bonds. The van der Waals surface area contributed by atoms with Gasteiger partial charge in [-0.3, -0.25) is 0 Å². The van der Waals surface area contributed by atoms with Gasteiger partial charge in [0.05, 0.1) is 12.9 Å². The van der Waals surface area contributed by atoms with E-state index in [0.717, 1.165) is 31.4 Å². The molecule has 1 heterocycles. The van der Waals surface area contributed by atoms with Gasteiger partial charge < -0.3 is 4.42 Å². The largest absolute Gasteiger partial charge is 0.469 e. The van der Waals surface area contributed by atoms with Crippen LogP contribution >= 0.6 is 0 Å². The Bertz CT molecular complexity index is 168. The molecule has 0 fully saturated rings. The number of unbranched alkanes of at least 4 members (excludes halogenated alkanes) is 2. The molecule has 0 bridgehead atoms. The highest BCUT2D eigenvalue weighted by Gasteiger charge is 1.94. The predicted molar refractivity (Wildman–Crippen MR) is 41.8 cm³/mol. The average Bonchev–Trinajstić information content (AvgIpc) is 2.50. The summed E-state index contributed by atoms with van der Waals surface area (Å²) >= 11 is 0. The van der Waals surface area contributed by atoms with E-state index in [-0.39, 0.29) is 6.61 Å². The predicted octanol–water partition coefficient (Wildman–Crippen LogP) is 2.42. The summed E-state index contributed by atoms with van der Waals surface area (Å²) in [6, 6.07) is 3.86. The van der Waals surface area contributed by atoms with Gasteiger partial charge in [-0.05, 0) is 25.0 Å². The van der Waals surface area contributed by atoms with E-state index in [9.17, 15) is 5.11 Å². The Hall–Kier alpha value is -0.760. The topological polar surface area (TPSA) is 33.0 Å². The SMILES string of the molecule is [O]CCCCCc1ccco1. The lowest BCUT2D eigenvalue weighted by Crippen LogP contribution is -1.84. The highest BCUT2D eigenvalue weighted by Crippen LogP contribution is 2.06. The normalized spacial score (nSPS) is 10.3. The third kappa shape index (κ3) is 3.23. The van der Waals surface area contributed by atoms with Crippen molar-refractivity contribution in [3.63, 3.8) is 0 Å². The first-order chi connectivity index (χ1) is 5.43. The quantitative estimate of drug-likeness (QED) is 0.598. The molecule has 0 unspecified atom stereocenters. The van der Waals surface area contributed by atoms with E-state index in [0.29, 0.717) is 0 Å². The lowest BCUT2D eigenvalue weighted by Gasteiger charge is -1.94. The van der Waals surface area contributed by atoms with Crippen molar-refractivity contribution in [3.8, 4) is 0 Å². The van der Waals surface area contributed by atoms with E-state index in [1.165, 1.54) is 0 Å². The maximum absolute atomic E-state index is 10.1. The van der Waals surface area contributed by atoms with Gasteiger partial charge in [-0.1, -0.05) is 6.42 Å². The van der Waals surface area contributed by atoms with Gasteiger partial charge in [-0.15, -0.1) is 0 Å². The first-order valence-corrected chi connectivity index (χ1v) is 4.04. The summed E-state index contributed by atoms with van der Waals surface area (Å²) < 4.78 is 5.14. The summed E-state index contributed by atoms with van der Waals surface area (Å²) in [6.45, 7) is 0.0537. The maximum Gasteiger partial charge on any atom is 0.103 e. The van der Waals surface area contributed by atoms with Crippen LogP contribution in [0.1, 0.15) is 25.0 Å². The van der Waals surface area contributed by atoms with Crippen LogP contribution in [0.15, 0.2) is 22.8 Å². The molecule has 11 heavy (non-hydrogen) atoms. The zero-order valence-corrected chi connectivity index (χ0v) is 6.58. The molecule has 0 aliphatic carbocycles. The van der Waals surface area contributed by atoms with E-state index in [2.05, 4.69) is 0 Å². The number of hydrogen-bond donors (Lipinski definition) is 0. The minimum Gasteiger partial charge on any atom is -0.469 e. The van der Waals surface area contributed by atoms with Crippen LogP contribution in [0.4, 0.5) is 0 Å². The number of rotatable bonds is 5. The van der Waals surface area contributed by atoms with Crippen molar-refractivity contribution in [3.05, 3.63) is 24.2 Å².